The quantitative estimate of drug-likeness (QED) is 0.861. The van der Waals surface area contributed by atoms with Crippen molar-refractivity contribution in [3.63, 3.8) is 0 Å². The van der Waals surface area contributed by atoms with Gasteiger partial charge in [-0.3, -0.25) is 9.88 Å². The maximum atomic E-state index is 12.8. The van der Waals surface area contributed by atoms with Crippen molar-refractivity contribution in [1.29, 1.82) is 0 Å². The first-order valence-electron chi connectivity index (χ1n) is 7.71. The molecule has 0 radical (unpaired) electrons. The van der Waals surface area contributed by atoms with Crippen LogP contribution in [0.15, 0.2) is 30.6 Å². The minimum absolute atomic E-state index is 0.137. The van der Waals surface area contributed by atoms with Crippen LogP contribution in [0.25, 0.3) is 0 Å². The van der Waals surface area contributed by atoms with Crippen molar-refractivity contribution >= 4 is 5.95 Å². The van der Waals surface area contributed by atoms with Gasteiger partial charge in [-0.25, -0.2) is 9.97 Å². The van der Waals surface area contributed by atoms with E-state index in [1.54, 1.807) is 11.1 Å². The number of anilines is 1. The Hall–Kier alpha value is -2.22. The van der Waals surface area contributed by atoms with Crippen LogP contribution in [0.5, 0.6) is 0 Å². The van der Waals surface area contributed by atoms with Gasteiger partial charge in [-0.2, -0.15) is 13.2 Å². The molecule has 3 rings (SSSR count). The predicted molar refractivity (Wildman–Crippen MR) is 83.5 cm³/mol. The van der Waals surface area contributed by atoms with E-state index in [4.69, 9.17) is 0 Å². The zero-order chi connectivity index (χ0) is 17.2. The molecule has 3 heterocycles. The molecule has 5 nitrogen and oxygen atoms in total. The number of piperazine rings is 1. The Kier molecular flexibility index (Phi) is 4.66. The predicted octanol–water partition coefficient (Wildman–Crippen LogP) is 2.52. The minimum Gasteiger partial charge on any atom is -0.338 e. The molecular weight excluding hydrogens is 319 g/mol. The van der Waals surface area contributed by atoms with Crippen LogP contribution in [0.2, 0.25) is 0 Å². The maximum Gasteiger partial charge on any atom is 0.433 e. The summed E-state index contributed by atoms with van der Waals surface area (Å²) in [7, 11) is 0. The Bertz CT molecular complexity index is 696. The van der Waals surface area contributed by atoms with E-state index in [1.807, 2.05) is 19.1 Å². The first-order valence-corrected chi connectivity index (χ1v) is 7.71. The topological polar surface area (TPSA) is 45.2 Å². The normalized spacial score (nSPS) is 16.4. The number of halogens is 3. The van der Waals surface area contributed by atoms with E-state index in [2.05, 4.69) is 19.9 Å². The summed E-state index contributed by atoms with van der Waals surface area (Å²) in [6.07, 6.45) is -1.51. The number of hydrogen-bond donors (Lipinski definition) is 0. The standard InChI is InChI=1S/C16H18F3N5/c1-12-3-2-5-20-13(12)11-23-7-9-24(10-8-23)15-21-6-4-14(22-15)16(17,18)19/h2-6H,7-11H2,1H3. The van der Waals surface area contributed by atoms with E-state index < -0.39 is 11.9 Å². The molecule has 0 saturated carbocycles. The van der Waals surface area contributed by atoms with Crippen LogP contribution < -0.4 is 4.90 Å². The van der Waals surface area contributed by atoms with Crippen molar-refractivity contribution in [2.45, 2.75) is 19.6 Å². The van der Waals surface area contributed by atoms with Crippen LogP contribution in [-0.2, 0) is 12.7 Å². The molecule has 1 fully saturated rings. The first kappa shape index (κ1) is 16.6. The van der Waals surface area contributed by atoms with Crippen molar-refractivity contribution in [2.75, 3.05) is 31.1 Å². The number of aromatic nitrogens is 3. The van der Waals surface area contributed by atoms with Gasteiger partial charge in [-0.1, -0.05) is 6.07 Å². The van der Waals surface area contributed by atoms with Gasteiger partial charge in [0.05, 0.1) is 5.69 Å². The molecule has 0 aromatic carbocycles. The van der Waals surface area contributed by atoms with E-state index in [0.29, 0.717) is 13.1 Å². The molecule has 0 spiro atoms. The number of aryl methyl sites for hydroxylation is 1. The van der Waals surface area contributed by atoms with Gasteiger partial charge in [0.2, 0.25) is 5.95 Å². The third-order valence-corrected chi connectivity index (χ3v) is 4.08. The Labute approximate surface area is 138 Å². The van der Waals surface area contributed by atoms with Crippen LogP contribution in [0.1, 0.15) is 17.0 Å². The average molecular weight is 337 g/mol. The van der Waals surface area contributed by atoms with Crippen LogP contribution in [0, 0.1) is 6.92 Å². The molecule has 1 aliphatic heterocycles. The monoisotopic (exact) mass is 337 g/mol. The molecule has 1 aliphatic rings. The zero-order valence-corrected chi connectivity index (χ0v) is 13.3. The van der Waals surface area contributed by atoms with Gasteiger partial charge in [-0.05, 0) is 24.6 Å². The van der Waals surface area contributed by atoms with Crippen LogP contribution in [0.3, 0.4) is 0 Å². The lowest BCUT2D eigenvalue weighted by Crippen LogP contribution is -2.46. The van der Waals surface area contributed by atoms with Gasteiger partial charge in [0.25, 0.3) is 0 Å². The molecular formula is C16H18F3N5. The van der Waals surface area contributed by atoms with Crippen LogP contribution in [-0.4, -0.2) is 46.0 Å². The molecule has 0 aliphatic carbocycles. The molecule has 8 heteroatoms. The second-order valence-electron chi connectivity index (χ2n) is 5.77. The summed E-state index contributed by atoms with van der Waals surface area (Å²) in [5.74, 6) is 0.137. The van der Waals surface area contributed by atoms with Crippen molar-refractivity contribution in [2.24, 2.45) is 0 Å². The van der Waals surface area contributed by atoms with E-state index >= 15 is 0 Å². The lowest BCUT2D eigenvalue weighted by Gasteiger charge is -2.34. The summed E-state index contributed by atoms with van der Waals surface area (Å²) in [6.45, 7) is 5.41. The number of rotatable bonds is 3. The fourth-order valence-corrected chi connectivity index (χ4v) is 2.66. The number of alkyl halides is 3. The number of nitrogens with zero attached hydrogens (tertiary/aromatic N) is 5. The van der Waals surface area contributed by atoms with Gasteiger partial charge < -0.3 is 4.90 Å². The Morgan fingerprint density at radius 3 is 2.46 bits per heavy atom. The van der Waals surface area contributed by atoms with Gasteiger partial charge in [-0.15, -0.1) is 0 Å². The average Bonchev–Trinajstić information content (AvgIpc) is 2.57. The summed E-state index contributed by atoms with van der Waals surface area (Å²) in [6, 6.07) is 4.82. The highest BCUT2D eigenvalue weighted by Crippen LogP contribution is 2.28. The Morgan fingerprint density at radius 1 is 1.04 bits per heavy atom. The van der Waals surface area contributed by atoms with E-state index in [0.717, 1.165) is 43.2 Å². The molecule has 128 valence electrons. The minimum atomic E-state index is -4.45. The smallest absolute Gasteiger partial charge is 0.338 e. The van der Waals surface area contributed by atoms with E-state index in [9.17, 15) is 13.2 Å². The van der Waals surface area contributed by atoms with Crippen molar-refractivity contribution in [3.8, 4) is 0 Å². The summed E-state index contributed by atoms with van der Waals surface area (Å²) in [4.78, 5) is 16.0. The van der Waals surface area contributed by atoms with Crippen molar-refractivity contribution in [1.82, 2.24) is 19.9 Å². The van der Waals surface area contributed by atoms with E-state index in [-0.39, 0.29) is 5.95 Å². The first-order chi connectivity index (χ1) is 11.4. The Balaban J connectivity index is 1.62. The van der Waals surface area contributed by atoms with Crippen molar-refractivity contribution in [3.05, 3.63) is 47.5 Å². The molecule has 2 aromatic heterocycles. The number of pyridine rings is 1. The van der Waals surface area contributed by atoms with Gasteiger partial charge >= 0.3 is 6.18 Å². The van der Waals surface area contributed by atoms with Gasteiger partial charge in [0, 0.05) is 45.1 Å². The third kappa shape index (κ3) is 3.81. The van der Waals surface area contributed by atoms with E-state index in [1.165, 1.54) is 0 Å². The summed E-state index contributed by atoms with van der Waals surface area (Å²) in [5, 5.41) is 0. The molecule has 2 aromatic rings. The zero-order valence-electron chi connectivity index (χ0n) is 13.3. The fraction of sp³-hybridized carbons (Fsp3) is 0.438. The highest BCUT2D eigenvalue weighted by Gasteiger charge is 2.33. The third-order valence-electron chi connectivity index (χ3n) is 4.08. The molecule has 1 saturated heterocycles. The second kappa shape index (κ2) is 6.72. The molecule has 0 bridgehead atoms. The molecule has 0 unspecified atom stereocenters. The highest BCUT2D eigenvalue weighted by molar-refractivity contribution is 5.32. The van der Waals surface area contributed by atoms with Gasteiger partial charge in [0.15, 0.2) is 0 Å². The largest absolute Gasteiger partial charge is 0.433 e. The Morgan fingerprint density at radius 2 is 1.79 bits per heavy atom. The maximum absolute atomic E-state index is 12.8. The summed E-state index contributed by atoms with van der Waals surface area (Å²) >= 11 is 0. The second-order valence-corrected chi connectivity index (χ2v) is 5.77. The fourth-order valence-electron chi connectivity index (χ4n) is 2.66. The molecule has 0 amide bonds. The summed E-state index contributed by atoms with van der Waals surface area (Å²) in [5.41, 5.74) is 1.27. The summed E-state index contributed by atoms with van der Waals surface area (Å²) < 4.78 is 38.3. The lowest BCUT2D eigenvalue weighted by molar-refractivity contribution is -0.141. The van der Waals surface area contributed by atoms with Crippen LogP contribution >= 0.6 is 0 Å². The molecule has 0 N–H and O–H groups in total. The van der Waals surface area contributed by atoms with Crippen molar-refractivity contribution < 1.29 is 13.2 Å². The number of hydrogen-bond acceptors (Lipinski definition) is 5. The SMILES string of the molecule is Cc1cccnc1CN1CCN(c2nccc(C(F)(F)F)n2)CC1. The van der Waals surface area contributed by atoms with Gasteiger partial charge in [0.1, 0.15) is 5.69 Å². The molecule has 24 heavy (non-hydrogen) atoms. The highest BCUT2D eigenvalue weighted by atomic mass is 19.4. The van der Waals surface area contributed by atoms with Crippen LogP contribution in [0.4, 0.5) is 19.1 Å². The molecule has 0 atom stereocenters. The lowest BCUT2D eigenvalue weighted by atomic mass is 10.2.